The van der Waals surface area contributed by atoms with Crippen molar-refractivity contribution >= 4 is 21.4 Å². The van der Waals surface area contributed by atoms with Crippen molar-refractivity contribution < 1.29 is 8.42 Å². The molecule has 0 fully saturated rings. The first kappa shape index (κ1) is 20.5. The predicted molar refractivity (Wildman–Crippen MR) is 122 cm³/mol. The predicted octanol–water partition coefficient (Wildman–Crippen LogP) is 4.65. The molecule has 5 nitrogen and oxygen atoms in total. The molecule has 30 heavy (non-hydrogen) atoms. The van der Waals surface area contributed by atoms with E-state index in [0.29, 0.717) is 23.6 Å². The van der Waals surface area contributed by atoms with Gasteiger partial charge in [-0.1, -0.05) is 60.7 Å². The van der Waals surface area contributed by atoms with Gasteiger partial charge in [-0.2, -0.15) is 0 Å². The van der Waals surface area contributed by atoms with Crippen molar-refractivity contribution in [1.82, 2.24) is 14.3 Å². The summed E-state index contributed by atoms with van der Waals surface area (Å²) in [5.74, 6) is 0. The Morgan fingerprint density at radius 2 is 1.70 bits per heavy atom. The summed E-state index contributed by atoms with van der Waals surface area (Å²) >= 11 is 1.51. The highest BCUT2D eigenvalue weighted by Gasteiger charge is 2.23. The standard InChI is InChI=1S/C23H23N3O2S2/c1-17-22(30(27,28)24-14-13-18-9-5-3-6-10-18)15-21(26(17)2)23-25-20(16-29-23)19-11-7-4-8-12-19/h3-12,15-16,24H,13-14H2,1-2H3. The minimum Gasteiger partial charge on any atom is -0.345 e. The second-order valence-electron chi connectivity index (χ2n) is 7.08. The number of thiazole rings is 1. The van der Waals surface area contributed by atoms with Gasteiger partial charge in [0.25, 0.3) is 0 Å². The molecule has 2 aromatic heterocycles. The number of rotatable bonds is 7. The number of nitrogens with zero attached hydrogens (tertiary/aromatic N) is 2. The lowest BCUT2D eigenvalue weighted by Gasteiger charge is -2.07. The molecule has 2 aromatic carbocycles. The highest BCUT2D eigenvalue weighted by Crippen LogP contribution is 2.32. The third kappa shape index (κ3) is 4.23. The van der Waals surface area contributed by atoms with Crippen LogP contribution in [0.2, 0.25) is 0 Å². The van der Waals surface area contributed by atoms with E-state index < -0.39 is 10.0 Å². The maximum Gasteiger partial charge on any atom is 0.242 e. The van der Waals surface area contributed by atoms with Crippen molar-refractivity contribution in [3.8, 4) is 22.0 Å². The molecule has 7 heteroatoms. The fourth-order valence-corrected chi connectivity index (χ4v) is 5.53. The summed E-state index contributed by atoms with van der Waals surface area (Å²) in [5.41, 5.74) is 4.51. The van der Waals surface area contributed by atoms with Crippen molar-refractivity contribution in [2.75, 3.05) is 6.54 Å². The summed E-state index contributed by atoms with van der Waals surface area (Å²) in [6.07, 6.45) is 0.645. The summed E-state index contributed by atoms with van der Waals surface area (Å²) in [5, 5.41) is 2.80. The first-order valence-electron chi connectivity index (χ1n) is 9.67. The van der Waals surface area contributed by atoms with Gasteiger partial charge in [0.15, 0.2) is 0 Å². The normalized spacial score (nSPS) is 11.7. The van der Waals surface area contributed by atoms with Gasteiger partial charge in [-0.3, -0.25) is 0 Å². The average molecular weight is 438 g/mol. The first-order valence-corrected chi connectivity index (χ1v) is 12.0. The molecular weight excluding hydrogens is 414 g/mol. The number of nitrogens with one attached hydrogen (secondary N) is 1. The van der Waals surface area contributed by atoms with E-state index in [0.717, 1.165) is 27.5 Å². The Kier molecular flexibility index (Phi) is 5.85. The Labute approximate surface area is 181 Å². The maximum atomic E-state index is 12.9. The van der Waals surface area contributed by atoms with Gasteiger partial charge in [0.2, 0.25) is 10.0 Å². The van der Waals surface area contributed by atoms with Crippen molar-refractivity contribution in [3.05, 3.63) is 83.4 Å². The van der Waals surface area contributed by atoms with Crippen LogP contribution in [0.15, 0.2) is 77.0 Å². The molecule has 1 N–H and O–H groups in total. The van der Waals surface area contributed by atoms with Crippen molar-refractivity contribution in [3.63, 3.8) is 0 Å². The van der Waals surface area contributed by atoms with E-state index in [2.05, 4.69) is 4.72 Å². The topological polar surface area (TPSA) is 64.0 Å². The molecule has 154 valence electrons. The van der Waals surface area contributed by atoms with Crippen LogP contribution >= 0.6 is 11.3 Å². The minimum absolute atomic E-state index is 0.296. The second kappa shape index (κ2) is 8.55. The van der Waals surface area contributed by atoms with Gasteiger partial charge in [0.1, 0.15) is 9.90 Å². The second-order valence-corrected chi connectivity index (χ2v) is 9.67. The van der Waals surface area contributed by atoms with E-state index in [1.807, 2.05) is 84.6 Å². The van der Waals surface area contributed by atoms with Crippen LogP contribution < -0.4 is 4.72 Å². The van der Waals surface area contributed by atoms with Gasteiger partial charge in [-0.25, -0.2) is 18.1 Å². The van der Waals surface area contributed by atoms with Crippen LogP contribution in [0, 0.1) is 6.92 Å². The molecule has 0 unspecified atom stereocenters. The first-order chi connectivity index (χ1) is 14.5. The molecular formula is C23H23N3O2S2. The average Bonchev–Trinajstić information content (AvgIpc) is 3.35. The Balaban J connectivity index is 1.56. The van der Waals surface area contributed by atoms with Gasteiger partial charge < -0.3 is 4.57 Å². The van der Waals surface area contributed by atoms with E-state index in [4.69, 9.17) is 4.98 Å². The van der Waals surface area contributed by atoms with Crippen molar-refractivity contribution in [1.29, 1.82) is 0 Å². The molecule has 0 atom stereocenters. The third-order valence-electron chi connectivity index (χ3n) is 5.12. The Morgan fingerprint density at radius 3 is 2.40 bits per heavy atom. The fourth-order valence-electron chi connectivity index (χ4n) is 3.33. The van der Waals surface area contributed by atoms with Gasteiger partial charge in [-0.05, 0) is 25.0 Å². The van der Waals surface area contributed by atoms with Crippen LogP contribution in [0.5, 0.6) is 0 Å². The lowest BCUT2D eigenvalue weighted by Crippen LogP contribution is -2.26. The van der Waals surface area contributed by atoms with Crippen LogP contribution in [-0.2, 0) is 23.5 Å². The molecule has 0 bridgehead atoms. The van der Waals surface area contributed by atoms with Crippen LogP contribution in [0.25, 0.3) is 22.0 Å². The highest BCUT2D eigenvalue weighted by atomic mass is 32.2. The molecule has 4 rings (SSSR count). The van der Waals surface area contributed by atoms with Gasteiger partial charge in [-0.15, -0.1) is 11.3 Å². The number of sulfonamides is 1. The molecule has 0 saturated carbocycles. The molecule has 0 aliphatic heterocycles. The molecule has 2 heterocycles. The van der Waals surface area contributed by atoms with Crippen LogP contribution in [0.3, 0.4) is 0 Å². The molecule has 0 radical (unpaired) electrons. The molecule has 0 aliphatic carbocycles. The van der Waals surface area contributed by atoms with Gasteiger partial charge in [0, 0.05) is 30.2 Å². The van der Waals surface area contributed by atoms with E-state index >= 15 is 0 Å². The lowest BCUT2D eigenvalue weighted by molar-refractivity contribution is 0.580. The number of benzene rings is 2. The summed E-state index contributed by atoms with van der Waals surface area (Å²) in [6.45, 7) is 2.17. The third-order valence-corrected chi connectivity index (χ3v) is 7.56. The van der Waals surface area contributed by atoms with Crippen LogP contribution in [0.1, 0.15) is 11.3 Å². The molecule has 4 aromatic rings. The smallest absolute Gasteiger partial charge is 0.242 e. The Hall–Kier alpha value is -2.74. The van der Waals surface area contributed by atoms with E-state index in [9.17, 15) is 8.42 Å². The van der Waals surface area contributed by atoms with Gasteiger partial charge >= 0.3 is 0 Å². The Morgan fingerprint density at radius 1 is 1.03 bits per heavy atom. The molecule has 0 amide bonds. The molecule has 0 saturated heterocycles. The molecule has 0 spiro atoms. The zero-order valence-corrected chi connectivity index (χ0v) is 18.5. The zero-order valence-electron chi connectivity index (χ0n) is 16.9. The largest absolute Gasteiger partial charge is 0.345 e. The van der Waals surface area contributed by atoms with Crippen LogP contribution in [0.4, 0.5) is 0 Å². The van der Waals surface area contributed by atoms with Crippen LogP contribution in [-0.4, -0.2) is 24.5 Å². The summed E-state index contributed by atoms with van der Waals surface area (Å²) in [6, 6.07) is 21.5. The minimum atomic E-state index is -3.61. The Bertz CT molecular complexity index is 1240. The van der Waals surface area contributed by atoms with E-state index in [-0.39, 0.29) is 0 Å². The number of hydrogen-bond acceptors (Lipinski definition) is 4. The SMILES string of the molecule is Cc1c(S(=O)(=O)NCCc2ccccc2)cc(-c2nc(-c3ccccc3)cs2)n1C. The molecule has 0 aliphatic rings. The number of aromatic nitrogens is 2. The summed E-state index contributed by atoms with van der Waals surface area (Å²) in [7, 11) is -1.74. The zero-order chi connectivity index (χ0) is 21.1. The quantitative estimate of drug-likeness (QED) is 0.458. The lowest BCUT2D eigenvalue weighted by atomic mass is 10.2. The number of hydrogen-bond donors (Lipinski definition) is 1. The fraction of sp³-hybridized carbons (Fsp3) is 0.174. The monoisotopic (exact) mass is 437 g/mol. The van der Waals surface area contributed by atoms with Crippen molar-refractivity contribution in [2.45, 2.75) is 18.2 Å². The van der Waals surface area contributed by atoms with Gasteiger partial charge in [0.05, 0.1) is 11.4 Å². The summed E-state index contributed by atoms with van der Waals surface area (Å²) < 4.78 is 30.5. The van der Waals surface area contributed by atoms with Crippen molar-refractivity contribution in [2.24, 2.45) is 7.05 Å². The summed E-state index contributed by atoms with van der Waals surface area (Å²) in [4.78, 5) is 5.03. The highest BCUT2D eigenvalue weighted by molar-refractivity contribution is 7.89. The van der Waals surface area contributed by atoms with E-state index in [1.165, 1.54) is 11.3 Å². The maximum absolute atomic E-state index is 12.9. The van der Waals surface area contributed by atoms with E-state index in [1.54, 1.807) is 6.07 Å².